The topological polar surface area (TPSA) is 38.8 Å². The third kappa shape index (κ3) is 4.53. The molecule has 1 atom stereocenters. The molecule has 4 nitrogen and oxygen atoms in total. The Kier molecular flexibility index (Phi) is 5.27. The first-order valence-corrected chi connectivity index (χ1v) is 6.68. The number of ether oxygens (including phenoxy) is 2. The summed E-state index contributed by atoms with van der Waals surface area (Å²) in [6, 6.07) is 6.34. The average molecular weight is 297 g/mol. The van der Waals surface area contributed by atoms with Gasteiger partial charge in [0.1, 0.15) is 5.75 Å². The number of morpholine rings is 1. The van der Waals surface area contributed by atoms with Gasteiger partial charge in [-0.05, 0) is 19.1 Å². The number of rotatable bonds is 4. The Bertz CT molecular complexity index is 519. The Labute approximate surface area is 121 Å². The maximum absolute atomic E-state index is 12.3. The van der Waals surface area contributed by atoms with Gasteiger partial charge in [-0.15, -0.1) is 0 Å². The molecule has 114 valence electrons. The first-order valence-electron chi connectivity index (χ1n) is 6.68. The molecule has 1 aliphatic heterocycles. The van der Waals surface area contributed by atoms with Crippen LogP contribution in [0.3, 0.4) is 0 Å². The van der Waals surface area contributed by atoms with Crippen molar-refractivity contribution in [3.05, 3.63) is 35.9 Å². The van der Waals surface area contributed by atoms with E-state index in [1.165, 1.54) is 18.2 Å². The number of benzene rings is 1. The molecule has 21 heavy (non-hydrogen) atoms. The summed E-state index contributed by atoms with van der Waals surface area (Å²) in [6.45, 7) is 0.567. The maximum atomic E-state index is 12.3. The van der Waals surface area contributed by atoms with Crippen molar-refractivity contribution in [1.82, 2.24) is 4.90 Å². The van der Waals surface area contributed by atoms with E-state index in [0.717, 1.165) is 0 Å². The van der Waals surface area contributed by atoms with E-state index in [-0.39, 0.29) is 17.8 Å². The second-order valence-corrected chi connectivity index (χ2v) is 4.72. The first-order chi connectivity index (χ1) is 10.1. The molecule has 1 aromatic carbocycles. The largest absolute Gasteiger partial charge is 0.434 e. The summed E-state index contributed by atoms with van der Waals surface area (Å²) in [5.74, 6) is -0.121. The summed E-state index contributed by atoms with van der Waals surface area (Å²) in [5.41, 5.74) is 0.437. The molecule has 1 saturated heterocycles. The lowest BCUT2D eigenvalue weighted by molar-refractivity contribution is -0.132. The van der Waals surface area contributed by atoms with Crippen LogP contribution >= 0.6 is 0 Å². The van der Waals surface area contributed by atoms with Crippen molar-refractivity contribution in [2.75, 3.05) is 19.7 Å². The number of hydrogen-bond donors (Lipinski definition) is 0. The van der Waals surface area contributed by atoms with Gasteiger partial charge in [0.25, 0.3) is 0 Å². The van der Waals surface area contributed by atoms with Crippen molar-refractivity contribution in [2.45, 2.75) is 19.6 Å². The zero-order chi connectivity index (χ0) is 15.2. The number of carbonyl (C=O) groups excluding carboxylic acids is 1. The van der Waals surface area contributed by atoms with Crippen molar-refractivity contribution in [3.8, 4) is 5.75 Å². The lowest BCUT2D eigenvalue weighted by Gasteiger charge is -2.30. The third-order valence-corrected chi connectivity index (χ3v) is 3.09. The number of alkyl halides is 2. The van der Waals surface area contributed by atoms with Gasteiger partial charge < -0.3 is 14.4 Å². The Balaban J connectivity index is 2.05. The zero-order valence-electron chi connectivity index (χ0n) is 11.7. The molecule has 0 aliphatic carbocycles. The van der Waals surface area contributed by atoms with Gasteiger partial charge in [0.15, 0.2) is 0 Å². The Morgan fingerprint density at radius 3 is 2.95 bits per heavy atom. The molecule has 0 aromatic heterocycles. The molecule has 1 aromatic rings. The molecule has 2 rings (SSSR count). The number of para-hydroxylation sites is 1. The van der Waals surface area contributed by atoms with E-state index >= 15 is 0 Å². The molecule has 0 spiro atoms. The Morgan fingerprint density at radius 2 is 2.24 bits per heavy atom. The van der Waals surface area contributed by atoms with Gasteiger partial charge in [-0.1, -0.05) is 18.2 Å². The van der Waals surface area contributed by atoms with Crippen LogP contribution in [-0.4, -0.2) is 43.2 Å². The van der Waals surface area contributed by atoms with E-state index < -0.39 is 6.61 Å². The minimum Gasteiger partial charge on any atom is -0.434 e. The number of amides is 1. The fourth-order valence-electron chi connectivity index (χ4n) is 2.11. The summed E-state index contributed by atoms with van der Waals surface area (Å²) in [6.07, 6.45) is 2.86. The molecule has 1 amide bonds. The van der Waals surface area contributed by atoms with Crippen LogP contribution in [0.2, 0.25) is 0 Å². The van der Waals surface area contributed by atoms with Crippen LogP contribution < -0.4 is 4.74 Å². The second kappa shape index (κ2) is 7.17. The lowest BCUT2D eigenvalue weighted by Crippen LogP contribution is -2.43. The van der Waals surface area contributed by atoms with E-state index in [0.29, 0.717) is 25.3 Å². The Morgan fingerprint density at radius 1 is 1.48 bits per heavy atom. The maximum Gasteiger partial charge on any atom is 0.387 e. The van der Waals surface area contributed by atoms with Gasteiger partial charge in [0.2, 0.25) is 5.91 Å². The minimum atomic E-state index is -2.89. The van der Waals surface area contributed by atoms with E-state index in [1.807, 2.05) is 6.92 Å². The quantitative estimate of drug-likeness (QED) is 0.802. The summed E-state index contributed by atoms with van der Waals surface area (Å²) in [5, 5.41) is 0. The summed E-state index contributed by atoms with van der Waals surface area (Å²) < 4.78 is 34.4. The highest BCUT2D eigenvalue weighted by molar-refractivity contribution is 5.92. The van der Waals surface area contributed by atoms with Gasteiger partial charge in [-0.3, -0.25) is 4.79 Å². The molecule has 1 fully saturated rings. The van der Waals surface area contributed by atoms with Crippen molar-refractivity contribution >= 4 is 12.0 Å². The van der Waals surface area contributed by atoms with Crippen LogP contribution in [0.1, 0.15) is 12.5 Å². The number of halogens is 2. The van der Waals surface area contributed by atoms with Crippen molar-refractivity contribution < 1.29 is 23.0 Å². The second-order valence-electron chi connectivity index (χ2n) is 4.72. The molecule has 1 aliphatic rings. The van der Waals surface area contributed by atoms with Crippen molar-refractivity contribution in [3.63, 3.8) is 0 Å². The van der Waals surface area contributed by atoms with E-state index in [2.05, 4.69) is 4.74 Å². The smallest absolute Gasteiger partial charge is 0.387 e. The van der Waals surface area contributed by atoms with Gasteiger partial charge in [0, 0.05) is 24.7 Å². The summed E-state index contributed by atoms with van der Waals surface area (Å²) in [7, 11) is 0. The number of carbonyl (C=O) groups is 1. The monoisotopic (exact) mass is 297 g/mol. The molecule has 1 unspecified atom stereocenters. The van der Waals surface area contributed by atoms with Crippen LogP contribution in [0.5, 0.6) is 5.75 Å². The Hall–Kier alpha value is -1.95. The van der Waals surface area contributed by atoms with Crippen molar-refractivity contribution in [2.24, 2.45) is 0 Å². The lowest BCUT2D eigenvalue weighted by atomic mass is 10.2. The predicted molar refractivity (Wildman–Crippen MR) is 74.1 cm³/mol. The highest BCUT2D eigenvalue weighted by atomic mass is 19.3. The van der Waals surface area contributed by atoms with E-state index in [4.69, 9.17) is 4.74 Å². The van der Waals surface area contributed by atoms with Crippen LogP contribution in [0, 0.1) is 0 Å². The molecule has 0 radical (unpaired) electrons. The fraction of sp³-hybridized carbons (Fsp3) is 0.400. The van der Waals surface area contributed by atoms with Crippen LogP contribution in [0.15, 0.2) is 30.3 Å². The molecular formula is C15H17F2NO3. The van der Waals surface area contributed by atoms with Gasteiger partial charge >= 0.3 is 6.61 Å². The predicted octanol–water partition coefficient (Wildman–Crippen LogP) is 2.55. The van der Waals surface area contributed by atoms with Gasteiger partial charge in [-0.2, -0.15) is 8.78 Å². The van der Waals surface area contributed by atoms with Crippen LogP contribution in [0.4, 0.5) is 8.78 Å². The minimum absolute atomic E-state index is 0.00514. The summed E-state index contributed by atoms with van der Waals surface area (Å²) in [4.78, 5) is 13.7. The molecule has 0 bridgehead atoms. The molecular weight excluding hydrogens is 280 g/mol. The zero-order valence-corrected chi connectivity index (χ0v) is 11.7. The SMILES string of the molecule is CC1CN(C(=O)/C=C/c2ccccc2OC(F)F)CCO1. The van der Waals surface area contributed by atoms with Crippen LogP contribution in [0.25, 0.3) is 6.08 Å². The third-order valence-electron chi connectivity index (χ3n) is 3.09. The normalized spacial score (nSPS) is 19.2. The molecule has 0 saturated carbocycles. The van der Waals surface area contributed by atoms with Crippen LogP contribution in [-0.2, 0) is 9.53 Å². The van der Waals surface area contributed by atoms with E-state index in [9.17, 15) is 13.6 Å². The van der Waals surface area contributed by atoms with Gasteiger partial charge in [-0.25, -0.2) is 0 Å². The number of nitrogens with zero attached hydrogens (tertiary/aromatic N) is 1. The highest BCUT2D eigenvalue weighted by Gasteiger charge is 2.19. The van der Waals surface area contributed by atoms with E-state index in [1.54, 1.807) is 23.1 Å². The van der Waals surface area contributed by atoms with Crippen molar-refractivity contribution in [1.29, 1.82) is 0 Å². The average Bonchev–Trinajstić information content (AvgIpc) is 2.45. The number of hydrogen-bond acceptors (Lipinski definition) is 3. The first kappa shape index (κ1) is 15.4. The standard InChI is InChI=1S/C15H17F2NO3/c1-11-10-18(8-9-20-11)14(19)7-6-12-4-2-3-5-13(12)21-15(16)17/h2-7,11,15H,8-10H2,1H3/b7-6+. The van der Waals surface area contributed by atoms with Gasteiger partial charge in [0.05, 0.1) is 12.7 Å². The molecule has 1 heterocycles. The summed E-state index contributed by atoms with van der Waals surface area (Å²) >= 11 is 0. The molecule has 6 heteroatoms. The molecule has 0 N–H and O–H groups in total. The fourth-order valence-corrected chi connectivity index (χ4v) is 2.11. The highest BCUT2D eigenvalue weighted by Crippen LogP contribution is 2.21.